The molecule has 0 aliphatic heterocycles. The molecule has 0 saturated heterocycles. The van der Waals surface area contributed by atoms with Crippen LogP contribution in [-0.2, 0) is 10.2 Å². The van der Waals surface area contributed by atoms with Crippen molar-refractivity contribution in [1.29, 1.82) is 0 Å². The van der Waals surface area contributed by atoms with Crippen LogP contribution in [0.5, 0.6) is 0 Å². The molecule has 0 aliphatic rings. The third kappa shape index (κ3) is 4.69. The summed E-state index contributed by atoms with van der Waals surface area (Å²) in [5, 5.41) is 8.85. The van der Waals surface area contributed by atoms with E-state index in [1.54, 1.807) is 0 Å². The molecular weight excluding hydrogens is 344 g/mol. The number of carboxylic acid groups (broad SMARTS) is 1. The lowest BCUT2D eigenvalue weighted by Crippen LogP contribution is -2.29. The molecule has 0 unspecified atom stereocenters. The zero-order valence-electron chi connectivity index (χ0n) is 16.3. The van der Waals surface area contributed by atoms with Crippen LogP contribution < -0.4 is 0 Å². The van der Waals surface area contributed by atoms with Crippen molar-refractivity contribution in [3.8, 4) is 0 Å². The average molecular weight is 373 g/mol. The van der Waals surface area contributed by atoms with Crippen molar-refractivity contribution in [1.82, 2.24) is 0 Å². The van der Waals surface area contributed by atoms with E-state index in [-0.39, 0.29) is 11.8 Å². The van der Waals surface area contributed by atoms with Gasteiger partial charge in [0.25, 0.3) is 0 Å². The Bertz CT molecular complexity index is 745. The van der Waals surface area contributed by atoms with Crippen LogP contribution in [0.15, 0.2) is 91.0 Å². The minimum absolute atomic E-state index is 0.198. The zero-order chi connectivity index (χ0) is 19.7. The van der Waals surface area contributed by atoms with Gasteiger partial charge < -0.3 is 5.11 Å². The molecule has 2 heteroatoms. The van der Waals surface area contributed by atoms with Gasteiger partial charge in [-0.3, -0.25) is 4.79 Å². The minimum atomic E-state index is -0.702. The molecule has 0 radical (unpaired) electrons. The fourth-order valence-corrected chi connectivity index (χ4v) is 4.12. The molecule has 3 rings (SSSR count). The second-order valence-corrected chi connectivity index (χ2v) is 7.31. The Morgan fingerprint density at radius 2 is 1.00 bits per heavy atom. The van der Waals surface area contributed by atoms with Crippen LogP contribution in [0, 0.1) is 0 Å². The molecule has 0 atom stereocenters. The van der Waals surface area contributed by atoms with E-state index >= 15 is 0 Å². The van der Waals surface area contributed by atoms with E-state index in [2.05, 4.69) is 91.0 Å². The lowest BCUT2D eigenvalue weighted by molar-refractivity contribution is -0.137. The molecule has 0 saturated carbocycles. The van der Waals surface area contributed by atoms with Gasteiger partial charge in [-0.25, -0.2) is 0 Å². The van der Waals surface area contributed by atoms with E-state index in [1.165, 1.54) is 16.7 Å². The first kappa shape index (κ1) is 19.9. The summed E-state index contributed by atoms with van der Waals surface area (Å²) in [6.07, 6.45) is 5.07. The third-order valence-electron chi connectivity index (χ3n) is 5.49. The summed E-state index contributed by atoms with van der Waals surface area (Å²) in [5.41, 5.74) is 3.71. The molecule has 0 aromatic heterocycles. The first-order valence-electron chi connectivity index (χ1n) is 10.1. The maximum atomic E-state index is 10.7. The molecule has 0 fully saturated rings. The normalized spacial score (nSPS) is 11.3. The van der Waals surface area contributed by atoms with Gasteiger partial charge >= 0.3 is 5.97 Å². The number of rotatable bonds is 10. The Hall–Kier alpha value is -2.87. The van der Waals surface area contributed by atoms with Crippen molar-refractivity contribution in [3.63, 3.8) is 0 Å². The molecule has 0 bridgehead atoms. The first-order valence-corrected chi connectivity index (χ1v) is 10.1. The Labute approximate surface area is 167 Å². The predicted octanol–water partition coefficient (Wildman–Crippen LogP) is 6.45. The second-order valence-electron chi connectivity index (χ2n) is 7.31. The molecule has 0 heterocycles. The number of carbonyl (C=O) groups is 1. The molecule has 144 valence electrons. The number of carboxylic acids is 1. The van der Waals surface area contributed by atoms with Crippen LogP contribution in [0.25, 0.3) is 0 Å². The van der Waals surface area contributed by atoms with Gasteiger partial charge in [-0.05, 0) is 29.5 Å². The standard InChI is InChI=1S/C26H28O2/c27-25(28)20-12-1-2-13-21-26(22-14-6-3-7-15-22,23-16-8-4-9-17-23)24-18-10-5-11-19-24/h3-11,14-19H,1-2,12-13,20-21H2,(H,27,28). The van der Waals surface area contributed by atoms with Gasteiger partial charge in [0.05, 0.1) is 0 Å². The number of aliphatic carboxylic acids is 1. The van der Waals surface area contributed by atoms with Crippen LogP contribution in [0.2, 0.25) is 0 Å². The van der Waals surface area contributed by atoms with E-state index in [0.29, 0.717) is 0 Å². The third-order valence-corrected chi connectivity index (χ3v) is 5.49. The molecule has 0 aliphatic carbocycles. The van der Waals surface area contributed by atoms with Gasteiger partial charge in [0.15, 0.2) is 0 Å². The fourth-order valence-electron chi connectivity index (χ4n) is 4.12. The molecule has 3 aromatic rings. The van der Waals surface area contributed by atoms with E-state index in [4.69, 9.17) is 5.11 Å². The summed E-state index contributed by atoms with van der Waals surface area (Å²) in [6, 6.07) is 32.2. The number of benzene rings is 3. The monoisotopic (exact) mass is 372 g/mol. The summed E-state index contributed by atoms with van der Waals surface area (Å²) in [7, 11) is 0. The number of hydrogen-bond donors (Lipinski definition) is 1. The van der Waals surface area contributed by atoms with Crippen LogP contribution in [-0.4, -0.2) is 11.1 Å². The summed E-state index contributed by atoms with van der Waals surface area (Å²) >= 11 is 0. The van der Waals surface area contributed by atoms with Gasteiger partial charge in [-0.1, -0.05) is 110 Å². The highest BCUT2D eigenvalue weighted by Gasteiger charge is 2.35. The highest BCUT2D eigenvalue weighted by molar-refractivity contribution is 5.66. The van der Waals surface area contributed by atoms with Crippen molar-refractivity contribution in [2.45, 2.75) is 43.9 Å². The second kappa shape index (κ2) is 9.89. The zero-order valence-corrected chi connectivity index (χ0v) is 16.3. The summed E-state index contributed by atoms with van der Waals surface area (Å²) in [5.74, 6) is -0.702. The van der Waals surface area contributed by atoms with Crippen LogP contribution in [0.4, 0.5) is 0 Å². The molecule has 3 aromatic carbocycles. The van der Waals surface area contributed by atoms with Gasteiger partial charge in [-0.2, -0.15) is 0 Å². The van der Waals surface area contributed by atoms with Crippen molar-refractivity contribution < 1.29 is 9.90 Å². The van der Waals surface area contributed by atoms with Crippen molar-refractivity contribution >= 4 is 5.97 Å². The van der Waals surface area contributed by atoms with Crippen molar-refractivity contribution in [3.05, 3.63) is 108 Å². The SMILES string of the molecule is O=C(O)CCCCCCC(c1ccccc1)(c1ccccc1)c1ccccc1. The van der Waals surface area contributed by atoms with Gasteiger partial charge in [0.1, 0.15) is 0 Å². The maximum absolute atomic E-state index is 10.7. The topological polar surface area (TPSA) is 37.3 Å². The van der Waals surface area contributed by atoms with Crippen LogP contribution in [0.1, 0.15) is 55.2 Å². The highest BCUT2D eigenvalue weighted by Crippen LogP contribution is 2.43. The molecule has 2 nitrogen and oxygen atoms in total. The van der Waals surface area contributed by atoms with Crippen molar-refractivity contribution in [2.75, 3.05) is 0 Å². The van der Waals surface area contributed by atoms with Crippen LogP contribution in [0.3, 0.4) is 0 Å². The fraction of sp³-hybridized carbons (Fsp3) is 0.269. The maximum Gasteiger partial charge on any atom is 0.303 e. The van der Waals surface area contributed by atoms with E-state index in [9.17, 15) is 4.79 Å². The largest absolute Gasteiger partial charge is 0.481 e. The average Bonchev–Trinajstić information content (AvgIpc) is 2.75. The van der Waals surface area contributed by atoms with Crippen molar-refractivity contribution in [2.24, 2.45) is 0 Å². The summed E-state index contributed by atoms with van der Waals surface area (Å²) in [6.45, 7) is 0. The first-order chi connectivity index (χ1) is 13.7. The van der Waals surface area contributed by atoms with Gasteiger partial charge in [-0.15, -0.1) is 0 Å². The van der Waals surface area contributed by atoms with E-state index < -0.39 is 5.97 Å². The lowest BCUT2D eigenvalue weighted by Gasteiger charge is -2.36. The quantitative estimate of drug-likeness (QED) is 0.328. The molecule has 1 N–H and O–H groups in total. The smallest absolute Gasteiger partial charge is 0.303 e. The van der Waals surface area contributed by atoms with Gasteiger partial charge in [0.2, 0.25) is 0 Å². The minimum Gasteiger partial charge on any atom is -0.481 e. The Balaban J connectivity index is 1.94. The number of unbranched alkanes of at least 4 members (excludes halogenated alkanes) is 3. The summed E-state index contributed by atoms with van der Waals surface area (Å²) < 4.78 is 0. The van der Waals surface area contributed by atoms with E-state index in [0.717, 1.165) is 32.1 Å². The number of hydrogen-bond acceptors (Lipinski definition) is 1. The predicted molar refractivity (Wildman–Crippen MR) is 115 cm³/mol. The van der Waals surface area contributed by atoms with Crippen LogP contribution >= 0.6 is 0 Å². The Morgan fingerprint density at radius 1 is 0.607 bits per heavy atom. The molecule has 0 amide bonds. The van der Waals surface area contributed by atoms with Gasteiger partial charge in [0, 0.05) is 11.8 Å². The Morgan fingerprint density at radius 3 is 1.39 bits per heavy atom. The highest BCUT2D eigenvalue weighted by atomic mass is 16.4. The van der Waals surface area contributed by atoms with E-state index in [1.807, 2.05) is 0 Å². The molecular formula is C26H28O2. The molecule has 28 heavy (non-hydrogen) atoms. The Kier molecular flexibility index (Phi) is 7.02. The summed E-state index contributed by atoms with van der Waals surface area (Å²) in [4.78, 5) is 10.7. The molecule has 0 spiro atoms. The lowest BCUT2D eigenvalue weighted by atomic mass is 9.66.